The number of Topliss-reactive ketones (excluding diaryl/α,β-unsaturated/α-hetero) is 2. The van der Waals surface area contributed by atoms with Gasteiger partial charge in [0.05, 0.1) is 11.1 Å². The minimum Gasteiger partial charge on any atom is -0.490 e. The average molecular weight is 607 g/mol. The lowest BCUT2D eigenvalue weighted by atomic mass is 9.64. The van der Waals surface area contributed by atoms with Crippen LogP contribution in [0.1, 0.15) is 88.5 Å². The molecular formula is C34H40BrNO4. The van der Waals surface area contributed by atoms with Crippen molar-refractivity contribution < 1.29 is 19.1 Å². The molecular weight excluding hydrogens is 566 g/mol. The van der Waals surface area contributed by atoms with Gasteiger partial charge in [0.1, 0.15) is 6.61 Å². The first-order chi connectivity index (χ1) is 18.8. The maximum Gasteiger partial charge on any atom is 0.175 e. The maximum absolute atomic E-state index is 13.7. The molecule has 5 nitrogen and oxygen atoms in total. The van der Waals surface area contributed by atoms with E-state index in [0.717, 1.165) is 51.0 Å². The number of nitrogens with one attached hydrogen (secondary N) is 1. The number of ether oxygens (including phenoxy) is 2. The van der Waals surface area contributed by atoms with Crippen molar-refractivity contribution in [3.63, 3.8) is 0 Å². The van der Waals surface area contributed by atoms with Crippen LogP contribution >= 0.6 is 15.9 Å². The largest absolute Gasteiger partial charge is 0.490 e. The van der Waals surface area contributed by atoms with Crippen LogP contribution in [-0.4, -0.2) is 18.2 Å². The summed E-state index contributed by atoms with van der Waals surface area (Å²) in [5.74, 6) is 1.01. The van der Waals surface area contributed by atoms with Gasteiger partial charge in [0, 0.05) is 41.3 Å². The number of aryl methyl sites for hydroxylation is 2. The number of rotatable bonds is 6. The number of ketones is 2. The molecule has 0 unspecified atom stereocenters. The fourth-order valence-electron chi connectivity index (χ4n) is 6.69. The molecule has 0 bridgehead atoms. The zero-order valence-electron chi connectivity index (χ0n) is 24.7. The molecule has 1 N–H and O–H groups in total. The van der Waals surface area contributed by atoms with Crippen molar-refractivity contribution in [3.05, 3.63) is 79.6 Å². The molecule has 2 aromatic rings. The lowest BCUT2D eigenvalue weighted by Crippen LogP contribution is -2.42. The second kappa shape index (κ2) is 10.5. The van der Waals surface area contributed by atoms with Gasteiger partial charge in [-0.15, -0.1) is 0 Å². The van der Waals surface area contributed by atoms with Crippen LogP contribution in [0.25, 0.3) is 0 Å². The molecule has 0 amide bonds. The summed E-state index contributed by atoms with van der Waals surface area (Å²) in [6.07, 6.45) is 2.46. The number of benzene rings is 2. The summed E-state index contributed by atoms with van der Waals surface area (Å²) in [7, 11) is 0. The van der Waals surface area contributed by atoms with Crippen molar-refractivity contribution in [2.75, 3.05) is 6.61 Å². The minimum atomic E-state index is -0.428. The van der Waals surface area contributed by atoms with E-state index >= 15 is 0 Å². The van der Waals surface area contributed by atoms with Crippen LogP contribution in [0, 0.1) is 24.7 Å². The zero-order chi connectivity index (χ0) is 29.0. The van der Waals surface area contributed by atoms with Gasteiger partial charge in [-0.05, 0) is 83.6 Å². The average Bonchev–Trinajstić information content (AvgIpc) is 2.80. The van der Waals surface area contributed by atoms with E-state index in [1.165, 1.54) is 11.1 Å². The molecule has 1 aliphatic heterocycles. The number of carbonyl (C=O) groups is 2. The predicted molar refractivity (Wildman–Crippen MR) is 162 cm³/mol. The van der Waals surface area contributed by atoms with Gasteiger partial charge < -0.3 is 14.8 Å². The molecule has 0 spiro atoms. The van der Waals surface area contributed by atoms with Gasteiger partial charge in [-0.3, -0.25) is 9.59 Å². The van der Waals surface area contributed by atoms with E-state index < -0.39 is 5.92 Å². The van der Waals surface area contributed by atoms with Crippen molar-refractivity contribution in [3.8, 4) is 11.5 Å². The topological polar surface area (TPSA) is 64.6 Å². The number of hydrogen-bond donors (Lipinski definition) is 1. The molecule has 0 aromatic heterocycles. The Morgan fingerprint density at radius 3 is 1.90 bits per heavy atom. The van der Waals surface area contributed by atoms with E-state index in [1.807, 2.05) is 19.1 Å². The zero-order valence-corrected chi connectivity index (χ0v) is 26.3. The quantitative estimate of drug-likeness (QED) is 0.361. The highest BCUT2D eigenvalue weighted by Crippen LogP contribution is 2.52. The van der Waals surface area contributed by atoms with Crippen molar-refractivity contribution in [1.29, 1.82) is 0 Å². The SMILES string of the molecule is CCOc1cc(C2C3=C(CC(C)(C)CC3=O)NC3=C2C(=O)CC(C)(C)C3)cc(Br)c1OCc1cc(C)cc(C)c1. The second-order valence-electron chi connectivity index (χ2n) is 13.3. The molecule has 0 saturated carbocycles. The molecule has 5 rings (SSSR count). The smallest absolute Gasteiger partial charge is 0.175 e. The van der Waals surface area contributed by atoms with Crippen molar-refractivity contribution in [2.45, 2.75) is 86.7 Å². The molecule has 0 atom stereocenters. The van der Waals surface area contributed by atoms with E-state index in [4.69, 9.17) is 9.47 Å². The number of carbonyl (C=O) groups excluding carboxylic acids is 2. The highest BCUT2D eigenvalue weighted by atomic mass is 79.9. The highest BCUT2D eigenvalue weighted by Gasteiger charge is 2.46. The van der Waals surface area contributed by atoms with Crippen LogP contribution < -0.4 is 14.8 Å². The van der Waals surface area contributed by atoms with Gasteiger partial charge in [-0.1, -0.05) is 57.0 Å². The summed E-state index contributed by atoms with van der Waals surface area (Å²) in [5, 5.41) is 3.59. The molecule has 212 valence electrons. The Bertz CT molecular complexity index is 1390. The van der Waals surface area contributed by atoms with E-state index in [2.05, 4.69) is 81.0 Å². The van der Waals surface area contributed by atoms with Crippen LogP contribution in [0.3, 0.4) is 0 Å². The monoisotopic (exact) mass is 605 g/mol. The lowest BCUT2D eigenvalue weighted by Gasteiger charge is -2.44. The Kier molecular flexibility index (Phi) is 7.54. The Morgan fingerprint density at radius 2 is 1.38 bits per heavy atom. The number of dihydropyridines is 1. The number of halogens is 1. The van der Waals surface area contributed by atoms with Crippen molar-refractivity contribution in [2.24, 2.45) is 10.8 Å². The number of hydrogen-bond acceptors (Lipinski definition) is 5. The predicted octanol–water partition coefficient (Wildman–Crippen LogP) is 8.02. The summed E-state index contributed by atoms with van der Waals surface area (Å²) in [6.45, 7) is 15.5. The molecule has 6 heteroatoms. The second-order valence-corrected chi connectivity index (χ2v) is 14.1. The van der Waals surface area contributed by atoms with Crippen molar-refractivity contribution in [1.82, 2.24) is 5.32 Å². The van der Waals surface area contributed by atoms with E-state index in [1.54, 1.807) is 0 Å². The highest BCUT2D eigenvalue weighted by molar-refractivity contribution is 9.10. The standard InChI is InChI=1S/C34H40BrNO4/c1-8-39-28-13-22(12-23(35)32(28)40-18-21-10-19(2)9-20(3)11-21)29-30-24(14-33(4,5)16-26(30)37)36-25-15-34(6,7)17-27(38)31(25)29/h9-13,29,36H,8,14-18H2,1-7H3. The summed E-state index contributed by atoms with van der Waals surface area (Å²) >= 11 is 3.76. The van der Waals surface area contributed by atoms with Crippen LogP contribution in [-0.2, 0) is 16.2 Å². The van der Waals surface area contributed by atoms with Crippen molar-refractivity contribution >= 4 is 27.5 Å². The molecule has 2 aliphatic carbocycles. The van der Waals surface area contributed by atoms with E-state index in [9.17, 15) is 9.59 Å². The molecule has 40 heavy (non-hydrogen) atoms. The maximum atomic E-state index is 13.7. The summed E-state index contributed by atoms with van der Waals surface area (Å²) in [6, 6.07) is 10.4. The van der Waals surface area contributed by atoms with E-state index in [0.29, 0.717) is 37.6 Å². The third-order valence-corrected chi connectivity index (χ3v) is 8.64. The summed E-state index contributed by atoms with van der Waals surface area (Å²) < 4.78 is 13.2. The molecule has 2 aromatic carbocycles. The van der Waals surface area contributed by atoms with Crippen LogP contribution in [0.15, 0.2) is 57.3 Å². The van der Waals surface area contributed by atoms with Gasteiger partial charge in [0.2, 0.25) is 0 Å². The fraction of sp³-hybridized carbons (Fsp3) is 0.471. The summed E-state index contributed by atoms with van der Waals surface area (Å²) in [4.78, 5) is 27.4. The van der Waals surface area contributed by atoms with Crippen LogP contribution in [0.2, 0.25) is 0 Å². The first kappa shape index (κ1) is 28.7. The van der Waals surface area contributed by atoms with Crippen LogP contribution in [0.5, 0.6) is 11.5 Å². The van der Waals surface area contributed by atoms with Crippen LogP contribution in [0.4, 0.5) is 0 Å². The number of allylic oxidation sites excluding steroid dienone is 4. The third kappa shape index (κ3) is 5.65. The van der Waals surface area contributed by atoms with Gasteiger partial charge >= 0.3 is 0 Å². The van der Waals surface area contributed by atoms with Gasteiger partial charge in [0.15, 0.2) is 23.1 Å². The first-order valence-electron chi connectivity index (χ1n) is 14.2. The minimum absolute atomic E-state index is 0.108. The van der Waals surface area contributed by atoms with Gasteiger partial charge in [-0.25, -0.2) is 0 Å². The fourth-order valence-corrected chi connectivity index (χ4v) is 7.26. The molecule has 0 saturated heterocycles. The normalized spacial score (nSPS) is 20.2. The first-order valence-corrected chi connectivity index (χ1v) is 15.0. The Balaban J connectivity index is 1.60. The van der Waals surface area contributed by atoms with Gasteiger partial charge in [0.25, 0.3) is 0 Å². The Labute approximate surface area is 246 Å². The molecule has 1 heterocycles. The molecule has 3 aliphatic rings. The molecule has 0 fully saturated rings. The third-order valence-electron chi connectivity index (χ3n) is 8.05. The molecule has 0 radical (unpaired) electrons. The van der Waals surface area contributed by atoms with Gasteiger partial charge in [-0.2, -0.15) is 0 Å². The Hall–Kier alpha value is -2.86. The summed E-state index contributed by atoms with van der Waals surface area (Å²) in [5.41, 5.74) is 7.44. The van der Waals surface area contributed by atoms with E-state index in [-0.39, 0.29) is 22.4 Å². The lowest BCUT2D eigenvalue weighted by molar-refractivity contribution is -0.119. The Morgan fingerprint density at radius 1 is 0.825 bits per heavy atom.